The number of methoxy groups -OCH3 is 2. The Labute approximate surface area is 104 Å². The maximum absolute atomic E-state index is 11.5. The highest BCUT2D eigenvalue weighted by Crippen LogP contribution is 2.28. The molecular formula is C13H13NO4. The average molecular weight is 247 g/mol. The van der Waals surface area contributed by atoms with Crippen LogP contribution >= 0.6 is 0 Å². The molecule has 0 saturated heterocycles. The molecule has 2 rings (SSSR count). The van der Waals surface area contributed by atoms with Crippen molar-refractivity contribution in [2.24, 2.45) is 0 Å². The van der Waals surface area contributed by atoms with Crippen molar-refractivity contribution in [1.29, 1.82) is 0 Å². The highest BCUT2D eigenvalue weighted by molar-refractivity contribution is 5.93. The van der Waals surface area contributed by atoms with E-state index in [2.05, 4.69) is 9.89 Å². The van der Waals surface area contributed by atoms with Gasteiger partial charge in [0, 0.05) is 11.6 Å². The van der Waals surface area contributed by atoms with Crippen LogP contribution in [0.5, 0.6) is 5.75 Å². The molecule has 2 aromatic rings. The molecule has 0 bridgehead atoms. The van der Waals surface area contributed by atoms with Gasteiger partial charge in [0.25, 0.3) is 0 Å². The summed E-state index contributed by atoms with van der Waals surface area (Å²) in [7, 11) is 2.83. The highest BCUT2D eigenvalue weighted by atomic mass is 16.5. The molecule has 1 aromatic heterocycles. The van der Waals surface area contributed by atoms with E-state index in [4.69, 9.17) is 9.26 Å². The van der Waals surface area contributed by atoms with Crippen molar-refractivity contribution < 1.29 is 18.8 Å². The fourth-order valence-corrected chi connectivity index (χ4v) is 1.62. The number of nitrogens with zero attached hydrogens (tertiary/aromatic N) is 1. The normalized spacial score (nSPS) is 10.2. The van der Waals surface area contributed by atoms with Crippen molar-refractivity contribution in [3.8, 4) is 17.1 Å². The Bertz CT molecular complexity index is 574. The summed E-state index contributed by atoms with van der Waals surface area (Å²) in [5, 5.41) is 3.81. The molecule has 5 nitrogen and oxygen atoms in total. The summed E-state index contributed by atoms with van der Waals surface area (Å²) in [6.45, 7) is 1.84. The molecule has 0 atom stereocenters. The first-order chi connectivity index (χ1) is 8.65. The second-order valence-corrected chi connectivity index (χ2v) is 3.74. The SMILES string of the molecule is COC(=O)c1ccc(-c2cc(C)no2)cc1OC. The van der Waals surface area contributed by atoms with Gasteiger partial charge in [-0.2, -0.15) is 0 Å². The Morgan fingerprint density at radius 2 is 2.06 bits per heavy atom. The molecule has 0 aliphatic heterocycles. The summed E-state index contributed by atoms with van der Waals surface area (Å²) in [4.78, 5) is 11.5. The van der Waals surface area contributed by atoms with E-state index in [1.54, 1.807) is 18.2 Å². The van der Waals surface area contributed by atoms with Crippen LogP contribution < -0.4 is 4.74 Å². The summed E-state index contributed by atoms with van der Waals surface area (Å²) < 4.78 is 15.0. The molecule has 0 amide bonds. The zero-order valence-electron chi connectivity index (χ0n) is 10.4. The second kappa shape index (κ2) is 4.91. The topological polar surface area (TPSA) is 61.6 Å². The summed E-state index contributed by atoms with van der Waals surface area (Å²) in [6.07, 6.45) is 0. The maximum Gasteiger partial charge on any atom is 0.341 e. The lowest BCUT2D eigenvalue weighted by Crippen LogP contribution is -2.03. The average Bonchev–Trinajstić information content (AvgIpc) is 2.83. The first-order valence-corrected chi connectivity index (χ1v) is 5.35. The number of rotatable bonds is 3. The number of carbonyl (C=O) groups excluding carboxylic acids is 1. The van der Waals surface area contributed by atoms with E-state index in [0.29, 0.717) is 17.1 Å². The zero-order chi connectivity index (χ0) is 13.1. The first-order valence-electron chi connectivity index (χ1n) is 5.35. The summed E-state index contributed by atoms with van der Waals surface area (Å²) >= 11 is 0. The number of aromatic nitrogens is 1. The van der Waals surface area contributed by atoms with E-state index in [9.17, 15) is 4.79 Å². The van der Waals surface area contributed by atoms with Gasteiger partial charge in [0.15, 0.2) is 5.76 Å². The van der Waals surface area contributed by atoms with Gasteiger partial charge in [0.2, 0.25) is 0 Å². The predicted molar refractivity (Wildman–Crippen MR) is 64.6 cm³/mol. The van der Waals surface area contributed by atoms with Crippen LogP contribution in [0.2, 0.25) is 0 Å². The Hall–Kier alpha value is -2.30. The molecule has 0 radical (unpaired) electrons. The van der Waals surface area contributed by atoms with Crippen LogP contribution in [0.1, 0.15) is 16.1 Å². The van der Waals surface area contributed by atoms with E-state index < -0.39 is 5.97 Å². The van der Waals surface area contributed by atoms with Crippen molar-refractivity contribution in [3.63, 3.8) is 0 Å². The molecular weight excluding hydrogens is 234 g/mol. The molecule has 5 heteroatoms. The Morgan fingerprint density at radius 3 is 2.61 bits per heavy atom. The van der Waals surface area contributed by atoms with Gasteiger partial charge < -0.3 is 14.0 Å². The molecule has 0 saturated carbocycles. The van der Waals surface area contributed by atoms with E-state index in [1.807, 2.05) is 13.0 Å². The van der Waals surface area contributed by atoms with Crippen molar-refractivity contribution >= 4 is 5.97 Å². The van der Waals surface area contributed by atoms with Crippen molar-refractivity contribution in [2.75, 3.05) is 14.2 Å². The van der Waals surface area contributed by atoms with E-state index in [1.165, 1.54) is 14.2 Å². The van der Waals surface area contributed by atoms with Crippen molar-refractivity contribution in [2.45, 2.75) is 6.92 Å². The molecule has 94 valence electrons. The number of aryl methyl sites for hydroxylation is 1. The number of hydrogen-bond acceptors (Lipinski definition) is 5. The van der Waals surface area contributed by atoms with Crippen LogP contribution in [0.4, 0.5) is 0 Å². The van der Waals surface area contributed by atoms with Crippen molar-refractivity contribution in [1.82, 2.24) is 5.16 Å². The predicted octanol–water partition coefficient (Wildman–Crippen LogP) is 2.45. The molecule has 0 N–H and O–H groups in total. The maximum atomic E-state index is 11.5. The highest BCUT2D eigenvalue weighted by Gasteiger charge is 2.15. The smallest absolute Gasteiger partial charge is 0.341 e. The van der Waals surface area contributed by atoms with E-state index in [-0.39, 0.29) is 0 Å². The van der Waals surface area contributed by atoms with Gasteiger partial charge in [-0.15, -0.1) is 0 Å². The summed E-state index contributed by atoms with van der Waals surface area (Å²) in [5.74, 6) is 0.628. The minimum atomic E-state index is -0.438. The molecule has 0 aliphatic rings. The van der Waals surface area contributed by atoms with Gasteiger partial charge in [-0.05, 0) is 25.1 Å². The quantitative estimate of drug-likeness (QED) is 0.779. The van der Waals surface area contributed by atoms with Crippen LogP contribution in [0.15, 0.2) is 28.8 Å². The number of ether oxygens (including phenoxy) is 2. The first kappa shape index (κ1) is 12.2. The van der Waals surface area contributed by atoms with Gasteiger partial charge in [0.1, 0.15) is 11.3 Å². The third-order valence-electron chi connectivity index (χ3n) is 2.52. The van der Waals surface area contributed by atoms with Crippen LogP contribution in [0.25, 0.3) is 11.3 Å². The number of esters is 1. The Kier molecular flexibility index (Phi) is 3.32. The molecule has 1 aromatic carbocycles. The van der Waals surface area contributed by atoms with Crippen LogP contribution in [0, 0.1) is 6.92 Å². The third-order valence-corrected chi connectivity index (χ3v) is 2.52. The largest absolute Gasteiger partial charge is 0.496 e. The zero-order valence-corrected chi connectivity index (χ0v) is 10.4. The second-order valence-electron chi connectivity index (χ2n) is 3.74. The number of carbonyl (C=O) groups is 1. The third kappa shape index (κ3) is 2.20. The van der Waals surface area contributed by atoms with Gasteiger partial charge in [-0.25, -0.2) is 4.79 Å². The van der Waals surface area contributed by atoms with Gasteiger partial charge in [-0.3, -0.25) is 0 Å². The minimum Gasteiger partial charge on any atom is -0.496 e. The standard InChI is InChI=1S/C13H13NO4/c1-8-6-11(18-14-8)9-4-5-10(13(15)17-3)12(7-9)16-2/h4-7H,1-3H3. The molecule has 0 spiro atoms. The van der Waals surface area contributed by atoms with Gasteiger partial charge in [-0.1, -0.05) is 5.16 Å². The minimum absolute atomic E-state index is 0.375. The monoisotopic (exact) mass is 247 g/mol. The number of hydrogen-bond donors (Lipinski definition) is 0. The van der Waals surface area contributed by atoms with Crippen molar-refractivity contribution in [3.05, 3.63) is 35.5 Å². The molecule has 1 heterocycles. The van der Waals surface area contributed by atoms with Crippen LogP contribution in [-0.2, 0) is 4.74 Å². The Morgan fingerprint density at radius 1 is 1.28 bits per heavy atom. The lowest BCUT2D eigenvalue weighted by Gasteiger charge is -2.07. The molecule has 0 aliphatic carbocycles. The van der Waals surface area contributed by atoms with E-state index in [0.717, 1.165) is 11.3 Å². The lowest BCUT2D eigenvalue weighted by molar-refractivity contribution is 0.0597. The van der Waals surface area contributed by atoms with Crippen LogP contribution in [-0.4, -0.2) is 25.3 Å². The van der Waals surface area contributed by atoms with E-state index >= 15 is 0 Å². The fourth-order valence-electron chi connectivity index (χ4n) is 1.62. The number of benzene rings is 1. The summed E-state index contributed by atoms with van der Waals surface area (Å²) in [5.41, 5.74) is 1.96. The molecule has 0 unspecified atom stereocenters. The fraction of sp³-hybridized carbons (Fsp3) is 0.231. The van der Waals surface area contributed by atoms with Gasteiger partial charge in [0.05, 0.1) is 19.9 Å². The van der Waals surface area contributed by atoms with Crippen LogP contribution in [0.3, 0.4) is 0 Å². The molecule has 0 fully saturated rings. The Balaban J connectivity index is 2.44. The summed E-state index contributed by atoms with van der Waals surface area (Å²) in [6, 6.07) is 6.92. The van der Waals surface area contributed by atoms with Gasteiger partial charge >= 0.3 is 5.97 Å². The lowest BCUT2D eigenvalue weighted by atomic mass is 10.1. The molecule has 18 heavy (non-hydrogen) atoms.